The molecule has 0 aromatic heterocycles. The second-order valence-corrected chi connectivity index (χ2v) is 4.27. The molecule has 18 heavy (non-hydrogen) atoms. The van der Waals surface area contributed by atoms with E-state index in [1.165, 1.54) is 7.11 Å². The Balaban J connectivity index is 2.27. The molecule has 5 nitrogen and oxygen atoms in total. The lowest BCUT2D eigenvalue weighted by molar-refractivity contribution is 0.225. The second kappa shape index (κ2) is 5.41. The van der Waals surface area contributed by atoms with Gasteiger partial charge in [-0.2, -0.15) is 0 Å². The molecule has 100 valence electrons. The van der Waals surface area contributed by atoms with Crippen molar-refractivity contribution in [2.24, 2.45) is 0 Å². The first-order valence-electron chi connectivity index (χ1n) is 5.84. The zero-order valence-electron chi connectivity index (χ0n) is 10.2. The van der Waals surface area contributed by atoms with Crippen molar-refractivity contribution in [2.75, 3.05) is 33.3 Å². The van der Waals surface area contributed by atoms with Gasteiger partial charge in [0.1, 0.15) is 0 Å². The van der Waals surface area contributed by atoms with Crippen LogP contribution in [-0.2, 0) is 6.54 Å². The van der Waals surface area contributed by atoms with Crippen LogP contribution in [-0.4, -0.2) is 48.4 Å². The number of phenolic OH excluding ortho intramolecular Hbond substituents is 2. The molecule has 0 spiro atoms. The van der Waals surface area contributed by atoms with Crippen molar-refractivity contribution >= 4 is 0 Å². The van der Waals surface area contributed by atoms with E-state index in [0.29, 0.717) is 0 Å². The third-order valence-electron chi connectivity index (χ3n) is 3.09. The fourth-order valence-corrected chi connectivity index (χ4v) is 2.05. The maximum absolute atomic E-state index is 14.0. The number of phenols is 2. The predicted molar refractivity (Wildman–Crippen MR) is 64.4 cm³/mol. The molecule has 0 unspecified atom stereocenters. The molecule has 2 rings (SSSR count). The van der Waals surface area contributed by atoms with Crippen LogP contribution in [0, 0.1) is 5.82 Å². The Kier molecular flexibility index (Phi) is 3.88. The maximum Gasteiger partial charge on any atom is 0.173 e. The standard InChI is InChI=1S/C12H17FN2O3/c1-18-10-6-9(16)12(17)8(11(10)13)7-15-4-2-14-3-5-15/h6,14,16-17H,2-5,7H2,1H3. The third-order valence-corrected chi connectivity index (χ3v) is 3.09. The summed E-state index contributed by atoms with van der Waals surface area (Å²) in [5.41, 5.74) is 0.0775. The largest absolute Gasteiger partial charge is 0.504 e. The second-order valence-electron chi connectivity index (χ2n) is 4.27. The Bertz CT molecular complexity index is 434. The van der Waals surface area contributed by atoms with Crippen molar-refractivity contribution in [2.45, 2.75) is 6.54 Å². The molecule has 1 aliphatic heterocycles. The van der Waals surface area contributed by atoms with E-state index >= 15 is 0 Å². The summed E-state index contributed by atoms with van der Waals surface area (Å²) in [4.78, 5) is 2.01. The highest BCUT2D eigenvalue weighted by atomic mass is 19.1. The number of benzene rings is 1. The van der Waals surface area contributed by atoms with Crippen molar-refractivity contribution in [3.05, 3.63) is 17.4 Å². The van der Waals surface area contributed by atoms with Crippen molar-refractivity contribution in [3.63, 3.8) is 0 Å². The van der Waals surface area contributed by atoms with Gasteiger partial charge in [0, 0.05) is 38.8 Å². The Morgan fingerprint density at radius 1 is 1.39 bits per heavy atom. The molecule has 6 heteroatoms. The van der Waals surface area contributed by atoms with Crippen molar-refractivity contribution in [3.8, 4) is 17.2 Å². The summed E-state index contributed by atoms with van der Waals surface area (Å²) in [6, 6.07) is 1.08. The van der Waals surface area contributed by atoms with Gasteiger partial charge in [-0.15, -0.1) is 0 Å². The number of aromatic hydroxyl groups is 2. The number of methoxy groups -OCH3 is 1. The molecular weight excluding hydrogens is 239 g/mol. The summed E-state index contributed by atoms with van der Waals surface area (Å²) < 4.78 is 18.9. The average Bonchev–Trinajstić information content (AvgIpc) is 2.40. The number of piperazine rings is 1. The summed E-state index contributed by atoms with van der Waals surface area (Å²) in [7, 11) is 1.32. The van der Waals surface area contributed by atoms with E-state index in [-0.39, 0.29) is 23.6 Å². The fourth-order valence-electron chi connectivity index (χ4n) is 2.05. The lowest BCUT2D eigenvalue weighted by Crippen LogP contribution is -2.43. The van der Waals surface area contributed by atoms with E-state index in [9.17, 15) is 14.6 Å². The van der Waals surface area contributed by atoms with Gasteiger partial charge in [0.25, 0.3) is 0 Å². The molecule has 0 atom stereocenters. The topological polar surface area (TPSA) is 65.0 Å². The normalized spacial score (nSPS) is 16.8. The van der Waals surface area contributed by atoms with Crippen LogP contribution in [0.5, 0.6) is 17.2 Å². The number of rotatable bonds is 3. The van der Waals surface area contributed by atoms with Gasteiger partial charge in [0.05, 0.1) is 12.7 Å². The molecule has 1 saturated heterocycles. The van der Waals surface area contributed by atoms with E-state index in [1.54, 1.807) is 0 Å². The highest BCUT2D eigenvalue weighted by Gasteiger charge is 2.21. The molecule has 3 N–H and O–H groups in total. The monoisotopic (exact) mass is 256 g/mol. The van der Waals surface area contributed by atoms with Gasteiger partial charge in [-0.05, 0) is 0 Å². The van der Waals surface area contributed by atoms with Gasteiger partial charge < -0.3 is 20.3 Å². The minimum absolute atomic E-state index is 0.0598. The van der Waals surface area contributed by atoms with Crippen molar-refractivity contribution < 1.29 is 19.3 Å². The summed E-state index contributed by atoms with van der Waals surface area (Å²) in [6.07, 6.45) is 0. The van der Waals surface area contributed by atoms with Crippen molar-refractivity contribution in [1.82, 2.24) is 10.2 Å². The number of nitrogens with zero attached hydrogens (tertiary/aromatic N) is 1. The maximum atomic E-state index is 14.0. The van der Waals surface area contributed by atoms with Gasteiger partial charge in [0.2, 0.25) is 0 Å². The van der Waals surface area contributed by atoms with Crippen LogP contribution in [0.1, 0.15) is 5.56 Å². The number of halogens is 1. The van der Waals surface area contributed by atoms with Crippen LogP contribution < -0.4 is 10.1 Å². The van der Waals surface area contributed by atoms with Crippen molar-refractivity contribution in [1.29, 1.82) is 0 Å². The Morgan fingerprint density at radius 3 is 2.67 bits per heavy atom. The van der Waals surface area contributed by atoms with Crippen LogP contribution in [0.3, 0.4) is 0 Å². The zero-order valence-corrected chi connectivity index (χ0v) is 10.2. The Morgan fingerprint density at radius 2 is 2.06 bits per heavy atom. The van der Waals surface area contributed by atoms with Crippen LogP contribution in [0.15, 0.2) is 6.07 Å². The Hall–Kier alpha value is -1.53. The molecule has 1 aromatic rings. The van der Waals surface area contributed by atoms with E-state index < -0.39 is 11.6 Å². The number of nitrogens with one attached hydrogen (secondary N) is 1. The first-order valence-corrected chi connectivity index (χ1v) is 5.84. The molecule has 0 bridgehead atoms. The summed E-state index contributed by atoms with van der Waals surface area (Å²) in [6.45, 7) is 3.47. The van der Waals surface area contributed by atoms with Crippen LogP contribution in [0.4, 0.5) is 4.39 Å². The minimum Gasteiger partial charge on any atom is -0.504 e. The molecule has 0 amide bonds. The van der Waals surface area contributed by atoms with E-state index in [0.717, 1.165) is 32.2 Å². The lowest BCUT2D eigenvalue weighted by atomic mass is 10.1. The number of ether oxygens (including phenoxy) is 1. The number of hydrogen-bond acceptors (Lipinski definition) is 5. The highest BCUT2D eigenvalue weighted by Crippen LogP contribution is 2.37. The average molecular weight is 256 g/mol. The Labute approximate surface area is 105 Å². The van der Waals surface area contributed by atoms with Gasteiger partial charge in [-0.1, -0.05) is 0 Å². The van der Waals surface area contributed by atoms with Gasteiger partial charge in [0.15, 0.2) is 23.1 Å². The highest BCUT2D eigenvalue weighted by molar-refractivity contribution is 5.51. The summed E-state index contributed by atoms with van der Waals surface area (Å²) in [5, 5.41) is 22.5. The summed E-state index contributed by atoms with van der Waals surface area (Å²) in [5.74, 6) is -1.45. The molecule has 0 saturated carbocycles. The van der Waals surface area contributed by atoms with Crippen LogP contribution >= 0.6 is 0 Å². The first-order chi connectivity index (χ1) is 8.63. The summed E-state index contributed by atoms with van der Waals surface area (Å²) >= 11 is 0. The SMILES string of the molecule is COc1cc(O)c(O)c(CN2CCNCC2)c1F. The zero-order chi connectivity index (χ0) is 13.1. The molecule has 1 aliphatic rings. The third kappa shape index (κ3) is 2.49. The first kappa shape index (κ1) is 12.9. The molecular formula is C12H17FN2O3. The van der Waals surface area contributed by atoms with Gasteiger partial charge >= 0.3 is 0 Å². The van der Waals surface area contributed by atoms with Crippen LogP contribution in [0.2, 0.25) is 0 Å². The van der Waals surface area contributed by atoms with E-state index in [1.807, 2.05) is 4.90 Å². The predicted octanol–water partition coefficient (Wildman–Crippen LogP) is 0.651. The van der Waals surface area contributed by atoms with E-state index in [2.05, 4.69) is 5.32 Å². The quantitative estimate of drug-likeness (QED) is 0.693. The lowest BCUT2D eigenvalue weighted by Gasteiger charge is -2.27. The molecule has 0 radical (unpaired) electrons. The van der Waals surface area contributed by atoms with E-state index in [4.69, 9.17) is 4.74 Å². The van der Waals surface area contributed by atoms with Gasteiger partial charge in [-0.3, -0.25) is 4.90 Å². The molecule has 1 heterocycles. The smallest absolute Gasteiger partial charge is 0.173 e. The number of hydrogen-bond donors (Lipinski definition) is 3. The van der Waals surface area contributed by atoms with Gasteiger partial charge in [-0.25, -0.2) is 4.39 Å². The minimum atomic E-state index is -0.619. The molecule has 0 aliphatic carbocycles. The fraction of sp³-hybridized carbons (Fsp3) is 0.500. The molecule has 1 aromatic carbocycles. The molecule has 1 fully saturated rings. The van der Waals surface area contributed by atoms with Crippen LogP contribution in [0.25, 0.3) is 0 Å².